The fourth-order valence-corrected chi connectivity index (χ4v) is 4.06. The van der Waals surface area contributed by atoms with Crippen molar-refractivity contribution in [3.63, 3.8) is 0 Å². The van der Waals surface area contributed by atoms with Gasteiger partial charge in [0.05, 0.1) is 22.9 Å². The van der Waals surface area contributed by atoms with Gasteiger partial charge >= 0.3 is 0 Å². The molecule has 0 amide bonds. The van der Waals surface area contributed by atoms with Gasteiger partial charge in [-0.25, -0.2) is 13.1 Å². The van der Waals surface area contributed by atoms with Gasteiger partial charge in [-0.1, -0.05) is 55.8 Å². The van der Waals surface area contributed by atoms with Crippen LogP contribution in [-0.4, -0.2) is 51.5 Å². The molecule has 1 atom stereocenters. The molecule has 2 N–H and O–H groups in total. The van der Waals surface area contributed by atoms with Crippen molar-refractivity contribution in [2.24, 2.45) is 0 Å². The molecule has 186 valence electrons. The fraction of sp³-hybridized carbons (Fsp3) is 0.478. The van der Waals surface area contributed by atoms with Crippen molar-refractivity contribution in [2.75, 3.05) is 31.9 Å². The molecule has 0 unspecified atom stereocenters. The van der Waals surface area contributed by atoms with Crippen LogP contribution in [0.1, 0.15) is 32.8 Å². The number of ether oxygens (including phenoxy) is 2. The molecule has 0 bridgehead atoms. The zero-order valence-electron chi connectivity index (χ0n) is 19.3. The number of nitrogens with one attached hydrogen (secondary N) is 1. The van der Waals surface area contributed by atoms with Gasteiger partial charge in [-0.3, -0.25) is 0 Å². The second kappa shape index (κ2) is 13.6. The summed E-state index contributed by atoms with van der Waals surface area (Å²) in [4.78, 5) is 0. The lowest BCUT2D eigenvalue weighted by Gasteiger charge is -2.28. The number of rotatable bonds is 14. The molecule has 0 heterocycles. The highest BCUT2D eigenvalue weighted by atomic mass is 35.5. The molecule has 0 aliphatic rings. The molecule has 0 aliphatic heterocycles. The van der Waals surface area contributed by atoms with Crippen molar-refractivity contribution in [2.45, 2.75) is 38.7 Å². The molecule has 1 aromatic rings. The minimum Gasteiger partial charge on any atom is -0.491 e. The normalized spacial score (nSPS) is 13.9. The largest absolute Gasteiger partial charge is 0.491 e. The average Bonchev–Trinajstić information content (AvgIpc) is 2.72. The van der Waals surface area contributed by atoms with Gasteiger partial charge in [-0.05, 0) is 42.7 Å². The third kappa shape index (κ3) is 10.3. The Balaban J connectivity index is 2.87. The van der Waals surface area contributed by atoms with E-state index in [1.54, 1.807) is 6.08 Å². The van der Waals surface area contributed by atoms with Gasteiger partial charge in [0.25, 0.3) is 0 Å². The Hall–Kier alpha value is -1.22. The third-order valence-corrected chi connectivity index (χ3v) is 6.29. The predicted octanol–water partition coefficient (Wildman–Crippen LogP) is 5.22. The van der Waals surface area contributed by atoms with Crippen LogP contribution in [0.15, 0.2) is 48.3 Å². The van der Waals surface area contributed by atoms with E-state index in [1.165, 1.54) is 0 Å². The summed E-state index contributed by atoms with van der Waals surface area (Å²) in [7, 11) is -3.38. The van der Waals surface area contributed by atoms with Crippen LogP contribution in [0.3, 0.4) is 0 Å². The SMILES string of the molecule is C=C(/C=C\C(=C/C)C(C)(C)c1cc(Cl)c(OCCCCl)c(Cl)c1)OC[C@H](O)CNS(C)(=O)=O. The van der Waals surface area contributed by atoms with Crippen molar-refractivity contribution in [1.82, 2.24) is 4.72 Å². The molecule has 0 saturated carbocycles. The van der Waals surface area contributed by atoms with E-state index >= 15 is 0 Å². The molecule has 0 spiro atoms. The topological polar surface area (TPSA) is 84.9 Å². The minimum atomic E-state index is -3.38. The van der Waals surface area contributed by atoms with Crippen molar-refractivity contribution >= 4 is 44.8 Å². The van der Waals surface area contributed by atoms with Gasteiger partial charge < -0.3 is 14.6 Å². The van der Waals surface area contributed by atoms with E-state index < -0.39 is 21.5 Å². The Morgan fingerprint density at radius 3 is 2.39 bits per heavy atom. The molecule has 0 aliphatic carbocycles. The first-order valence-corrected chi connectivity index (χ1v) is 13.5. The van der Waals surface area contributed by atoms with E-state index in [0.717, 1.165) is 17.4 Å². The Kier molecular flexibility index (Phi) is 12.3. The highest BCUT2D eigenvalue weighted by Crippen LogP contribution is 2.41. The van der Waals surface area contributed by atoms with Gasteiger partial charge in [0, 0.05) is 17.8 Å². The first-order valence-electron chi connectivity index (χ1n) is 10.3. The number of halogens is 3. The maximum atomic E-state index is 11.1. The molecule has 10 heteroatoms. The number of aliphatic hydroxyl groups excluding tert-OH is 1. The smallest absolute Gasteiger partial charge is 0.208 e. The zero-order chi connectivity index (χ0) is 25.2. The van der Waals surface area contributed by atoms with Crippen molar-refractivity contribution < 1.29 is 23.0 Å². The van der Waals surface area contributed by atoms with Crippen molar-refractivity contribution in [3.8, 4) is 5.75 Å². The van der Waals surface area contributed by atoms with Gasteiger partial charge in [0.1, 0.15) is 18.5 Å². The van der Waals surface area contributed by atoms with Gasteiger partial charge in [0.15, 0.2) is 5.75 Å². The summed E-state index contributed by atoms with van der Waals surface area (Å²) in [5.74, 6) is 1.25. The van der Waals surface area contributed by atoms with Crippen LogP contribution < -0.4 is 9.46 Å². The Morgan fingerprint density at radius 1 is 1.27 bits per heavy atom. The van der Waals surface area contributed by atoms with Gasteiger partial charge in [-0.15, -0.1) is 11.6 Å². The molecule has 33 heavy (non-hydrogen) atoms. The molecule has 0 aromatic heterocycles. The van der Waals surface area contributed by atoms with Crippen molar-refractivity contribution in [1.29, 1.82) is 0 Å². The van der Waals surface area contributed by atoms with Crippen LogP contribution in [0.4, 0.5) is 0 Å². The lowest BCUT2D eigenvalue weighted by atomic mass is 9.77. The summed E-state index contributed by atoms with van der Waals surface area (Å²) in [5, 5.41) is 10.7. The van der Waals surface area contributed by atoms with Crippen LogP contribution >= 0.6 is 34.8 Å². The summed E-state index contributed by atoms with van der Waals surface area (Å²) in [6.07, 6.45) is 6.20. The average molecular weight is 541 g/mol. The lowest BCUT2D eigenvalue weighted by molar-refractivity contribution is 0.0795. The number of alkyl halides is 1. The minimum absolute atomic E-state index is 0.101. The van der Waals surface area contributed by atoms with E-state index in [9.17, 15) is 13.5 Å². The zero-order valence-corrected chi connectivity index (χ0v) is 22.4. The quantitative estimate of drug-likeness (QED) is 0.146. The number of sulfonamides is 1. The van der Waals surface area contributed by atoms with Gasteiger partial charge in [-0.2, -0.15) is 0 Å². The molecule has 6 nitrogen and oxygen atoms in total. The van der Waals surface area contributed by atoms with Crippen LogP contribution in [-0.2, 0) is 20.2 Å². The predicted molar refractivity (Wildman–Crippen MR) is 137 cm³/mol. The molecular weight excluding hydrogens is 509 g/mol. The van der Waals surface area contributed by atoms with E-state index in [4.69, 9.17) is 44.3 Å². The molecule has 0 radical (unpaired) electrons. The van der Waals surface area contributed by atoms with E-state index in [1.807, 2.05) is 45.1 Å². The number of benzene rings is 1. The van der Waals surface area contributed by atoms with E-state index in [2.05, 4.69) is 11.3 Å². The Bertz CT molecular complexity index is 951. The molecular formula is C23H32Cl3NO5S. The van der Waals surface area contributed by atoms with Crippen molar-refractivity contribution in [3.05, 3.63) is 63.9 Å². The highest BCUT2D eigenvalue weighted by molar-refractivity contribution is 7.88. The summed E-state index contributed by atoms with van der Waals surface area (Å²) in [5.41, 5.74) is 1.40. The van der Waals surface area contributed by atoms with E-state index in [0.29, 0.717) is 40.5 Å². The second-order valence-electron chi connectivity index (χ2n) is 7.91. The molecule has 0 saturated heterocycles. The van der Waals surface area contributed by atoms with Crippen LogP contribution in [0.25, 0.3) is 0 Å². The maximum Gasteiger partial charge on any atom is 0.208 e. The number of hydrogen-bond donors (Lipinski definition) is 2. The van der Waals surface area contributed by atoms with Crippen LogP contribution in [0, 0.1) is 0 Å². The standard InChI is InChI=1S/C23H32Cl3NO5S/c1-6-17(9-8-16(2)32-15-19(28)14-27-33(5,29)30)23(3,4)18-12-20(25)22(21(26)13-18)31-11-7-10-24/h6,8-9,12-13,19,27-28H,2,7,10-11,14-15H2,1,3-5H3/b9-8-,17-6+/t19-/m1/s1. The van der Waals surface area contributed by atoms with Gasteiger partial charge in [0.2, 0.25) is 10.0 Å². The fourth-order valence-electron chi connectivity index (χ4n) is 2.86. The molecule has 1 aromatic carbocycles. The second-order valence-corrected chi connectivity index (χ2v) is 10.9. The Labute approximate surface area is 212 Å². The Morgan fingerprint density at radius 2 is 1.88 bits per heavy atom. The number of hydrogen-bond acceptors (Lipinski definition) is 5. The highest BCUT2D eigenvalue weighted by Gasteiger charge is 2.26. The number of aliphatic hydroxyl groups is 1. The summed E-state index contributed by atoms with van der Waals surface area (Å²) < 4.78 is 35.5. The first kappa shape index (κ1) is 29.8. The maximum absolute atomic E-state index is 11.1. The monoisotopic (exact) mass is 539 g/mol. The molecule has 1 rings (SSSR count). The van der Waals surface area contributed by atoms with Crippen LogP contribution in [0.2, 0.25) is 10.0 Å². The first-order chi connectivity index (χ1) is 15.3. The summed E-state index contributed by atoms with van der Waals surface area (Å²) >= 11 is 18.6. The van der Waals surface area contributed by atoms with Crippen LogP contribution in [0.5, 0.6) is 5.75 Å². The lowest BCUT2D eigenvalue weighted by Crippen LogP contribution is -2.33. The molecule has 0 fully saturated rings. The number of allylic oxidation sites excluding steroid dienone is 4. The summed E-state index contributed by atoms with van der Waals surface area (Å²) in [6.45, 7) is 9.99. The van der Waals surface area contributed by atoms with E-state index in [-0.39, 0.29) is 13.2 Å². The summed E-state index contributed by atoms with van der Waals surface area (Å²) in [6, 6.07) is 3.66. The third-order valence-electron chi connectivity index (χ3n) is 4.77.